The predicted molar refractivity (Wildman–Crippen MR) is 163 cm³/mol. The Morgan fingerprint density at radius 2 is 1.83 bits per heavy atom. The van der Waals surface area contributed by atoms with Gasteiger partial charge in [0.1, 0.15) is 27.6 Å². The van der Waals surface area contributed by atoms with E-state index in [1.54, 1.807) is 35.8 Å². The Hall–Kier alpha value is -3.69. The number of carboxylic acid groups (broad SMARTS) is 1. The summed E-state index contributed by atoms with van der Waals surface area (Å²) in [6.07, 6.45) is 3.46. The molecule has 2 fully saturated rings. The standard InChI is InChI=1S/C29H32FN5O4S2/c1-3-4-11-34-26(33-15-13-32(14-16-33)23-9-6-5-8-22(23)30)20(19(2)21(18-31)27(34)38)17-24-28(39)35(29(40)41-24)12-7-10-25(36)37/h5-6,8-9,17H,3-4,7,10-16H2,1-2H3,(H,36,37)/b24-17+. The summed E-state index contributed by atoms with van der Waals surface area (Å²) in [4.78, 5) is 43.6. The Labute approximate surface area is 247 Å². The fourth-order valence-electron chi connectivity index (χ4n) is 5.09. The molecule has 1 amide bonds. The Bertz CT molecular complexity index is 1490. The number of unbranched alkanes of at least 4 members (excludes halogenated alkanes) is 1. The zero-order valence-corrected chi connectivity index (χ0v) is 24.7. The first-order chi connectivity index (χ1) is 19.7. The third kappa shape index (κ3) is 6.47. The van der Waals surface area contributed by atoms with Crippen molar-refractivity contribution in [2.24, 2.45) is 0 Å². The van der Waals surface area contributed by atoms with Gasteiger partial charge in [-0.25, -0.2) is 4.39 Å². The number of nitrogens with zero attached hydrogens (tertiary/aromatic N) is 5. The normalized spacial score (nSPS) is 16.5. The second-order valence-electron chi connectivity index (χ2n) is 9.92. The summed E-state index contributed by atoms with van der Waals surface area (Å²) >= 11 is 6.55. The number of carbonyl (C=O) groups is 2. The summed E-state index contributed by atoms with van der Waals surface area (Å²) in [5.74, 6) is -0.935. The van der Waals surface area contributed by atoms with Crippen molar-refractivity contribution in [2.45, 2.75) is 46.1 Å². The van der Waals surface area contributed by atoms with Crippen molar-refractivity contribution in [3.63, 3.8) is 0 Å². The van der Waals surface area contributed by atoms with E-state index in [2.05, 4.69) is 11.0 Å². The molecule has 9 nitrogen and oxygen atoms in total. The molecule has 1 N–H and O–H groups in total. The minimum absolute atomic E-state index is 0.0260. The number of pyridine rings is 1. The van der Waals surface area contributed by atoms with Crippen LogP contribution in [0.3, 0.4) is 0 Å². The van der Waals surface area contributed by atoms with Crippen LogP contribution in [0.4, 0.5) is 15.9 Å². The van der Waals surface area contributed by atoms with Crippen LogP contribution < -0.4 is 15.4 Å². The molecule has 0 radical (unpaired) electrons. The van der Waals surface area contributed by atoms with Gasteiger partial charge in [-0.15, -0.1) is 0 Å². The Balaban J connectivity index is 1.75. The third-order valence-corrected chi connectivity index (χ3v) is 8.65. The molecular weight excluding hydrogens is 565 g/mol. The van der Waals surface area contributed by atoms with E-state index in [1.165, 1.54) is 11.0 Å². The SMILES string of the molecule is CCCCn1c(N2CCN(c3ccccc3F)CC2)c(/C=C2/SC(=S)N(CCCC(=O)O)C2=O)c(C)c(C#N)c1=O. The van der Waals surface area contributed by atoms with E-state index < -0.39 is 5.97 Å². The molecule has 0 bridgehead atoms. The molecule has 2 aromatic rings. The predicted octanol–water partition coefficient (Wildman–Crippen LogP) is 4.36. The summed E-state index contributed by atoms with van der Waals surface area (Å²) in [6, 6.07) is 8.70. The Morgan fingerprint density at radius 1 is 1.15 bits per heavy atom. The third-order valence-electron chi connectivity index (χ3n) is 7.28. The molecule has 41 heavy (non-hydrogen) atoms. The van der Waals surface area contributed by atoms with Gasteiger partial charge in [0.2, 0.25) is 0 Å². The summed E-state index contributed by atoms with van der Waals surface area (Å²) in [6.45, 7) is 6.38. The Morgan fingerprint density at radius 3 is 2.46 bits per heavy atom. The molecule has 3 heterocycles. The van der Waals surface area contributed by atoms with E-state index >= 15 is 0 Å². The highest BCUT2D eigenvalue weighted by Gasteiger charge is 2.33. The number of rotatable bonds is 10. The van der Waals surface area contributed by atoms with Gasteiger partial charge in [0.05, 0.1) is 10.6 Å². The smallest absolute Gasteiger partial charge is 0.303 e. The van der Waals surface area contributed by atoms with Gasteiger partial charge < -0.3 is 14.9 Å². The number of aromatic nitrogens is 1. The second-order valence-corrected chi connectivity index (χ2v) is 11.6. The van der Waals surface area contributed by atoms with Gasteiger partial charge >= 0.3 is 5.97 Å². The van der Waals surface area contributed by atoms with Crippen LogP contribution in [0.25, 0.3) is 6.08 Å². The van der Waals surface area contributed by atoms with E-state index in [0.29, 0.717) is 64.6 Å². The number of halogens is 1. The molecule has 2 saturated heterocycles. The maximum absolute atomic E-state index is 14.5. The minimum Gasteiger partial charge on any atom is -0.481 e. The van der Waals surface area contributed by atoms with Crippen molar-refractivity contribution in [2.75, 3.05) is 42.5 Å². The number of piperazine rings is 1. The highest BCUT2D eigenvalue weighted by Crippen LogP contribution is 2.36. The molecule has 12 heteroatoms. The van der Waals surface area contributed by atoms with Gasteiger partial charge in [0.15, 0.2) is 0 Å². The molecule has 2 aliphatic rings. The molecule has 1 aromatic heterocycles. The van der Waals surface area contributed by atoms with Crippen LogP contribution in [-0.2, 0) is 16.1 Å². The molecule has 2 aliphatic heterocycles. The van der Waals surface area contributed by atoms with Crippen molar-refractivity contribution >= 4 is 57.8 Å². The number of carbonyl (C=O) groups excluding carboxylic acids is 1. The number of carboxylic acids is 1. The molecular formula is C29H32FN5O4S2. The van der Waals surface area contributed by atoms with Crippen LogP contribution >= 0.6 is 24.0 Å². The van der Waals surface area contributed by atoms with Crippen molar-refractivity contribution in [1.82, 2.24) is 9.47 Å². The lowest BCUT2D eigenvalue weighted by Gasteiger charge is -2.39. The highest BCUT2D eigenvalue weighted by molar-refractivity contribution is 8.26. The molecule has 0 spiro atoms. The summed E-state index contributed by atoms with van der Waals surface area (Å²) in [5, 5.41) is 18.9. The summed E-state index contributed by atoms with van der Waals surface area (Å²) in [5.41, 5.74) is 1.26. The molecule has 0 unspecified atom stereocenters. The molecule has 216 valence electrons. The molecule has 0 atom stereocenters. The van der Waals surface area contributed by atoms with Crippen LogP contribution in [0.15, 0.2) is 34.0 Å². The fraction of sp³-hybridized carbons (Fsp3) is 0.414. The van der Waals surface area contributed by atoms with Crippen LogP contribution in [0.5, 0.6) is 0 Å². The number of nitriles is 1. The number of hydrogen-bond donors (Lipinski definition) is 1. The lowest BCUT2D eigenvalue weighted by atomic mass is 10.0. The van der Waals surface area contributed by atoms with Crippen LogP contribution in [0.2, 0.25) is 0 Å². The van der Waals surface area contributed by atoms with E-state index in [0.717, 1.165) is 24.6 Å². The Kier molecular flexibility index (Phi) is 9.83. The fourth-order valence-corrected chi connectivity index (χ4v) is 6.38. The van der Waals surface area contributed by atoms with E-state index in [9.17, 15) is 24.0 Å². The van der Waals surface area contributed by atoms with E-state index in [-0.39, 0.29) is 42.2 Å². The minimum atomic E-state index is -0.945. The van der Waals surface area contributed by atoms with Crippen molar-refractivity contribution in [3.8, 4) is 6.07 Å². The summed E-state index contributed by atoms with van der Waals surface area (Å²) in [7, 11) is 0. The largest absolute Gasteiger partial charge is 0.481 e. The molecule has 1 aromatic carbocycles. The number of para-hydroxylation sites is 1. The number of aliphatic carboxylic acids is 1. The maximum Gasteiger partial charge on any atom is 0.303 e. The number of amides is 1. The topological polar surface area (TPSA) is 110 Å². The lowest BCUT2D eigenvalue weighted by Crippen LogP contribution is -2.49. The number of benzene rings is 1. The quantitative estimate of drug-likeness (QED) is 0.316. The van der Waals surface area contributed by atoms with Crippen LogP contribution in [-0.4, -0.2) is 63.5 Å². The van der Waals surface area contributed by atoms with Gasteiger partial charge in [0, 0.05) is 51.3 Å². The van der Waals surface area contributed by atoms with E-state index in [4.69, 9.17) is 17.3 Å². The monoisotopic (exact) mass is 597 g/mol. The average Bonchev–Trinajstić information content (AvgIpc) is 3.21. The van der Waals surface area contributed by atoms with Gasteiger partial charge in [-0.1, -0.05) is 49.5 Å². The average molecular weight is 598 g/mol. The number of hydrogen-bond acceptors (Lipinski definition) is 8. The second kappa shape index (κ2) is 13.3. The highest BCUT2D eigenvalue weighted by atomic mass is 32.2. The van der Waals surface area contributed by atoms with E-state index in [1.807, 2.05) is 11.8 Å². The summed E-state index contributed by atoms with van der Waals surface area (Å²) < 4.78 is 16.4. The lowest BCUT2D eigenvalue weighted by molar-refractivity contribution is -0.137. The number of thiocarbonyl (C=S) groups is 1. The van der Waals surface area contributed by atoms with Crippen molar-refractivity contribution in [3.05, 3.63) is 62.0 Å². The molecule has 0 saturated carbocycles. The van der Waals surface area contributed by atoms with Crippen molar-refractivity contribution in [1.29, 1.82) is 5.26 Å². The van der Waals surface area contributed by atoms with Crippen molar-refractivity contribution < 1.29 is 19.1 Å². The first-order valence-electron chi connectivity index (χ1n) is 13.6. The first-order valence-corrected chi connectivity index (χ1v) is 14.8. The number of thioether (sulfide) groups is 1. The zero-order chi connectivity index (χ0) is 29.7. The van der Waals surface area contributed by atoms with Gasteiger partial charge in [-0.3, -0.25) is 23.9 Å². The molecule has 4 rings (SSSR count). The maximum atomic E-state index is 14.5. The van der Waals surface area contributed by atoms with Gasteiger partial charge in [-0.05, 0) is 43.5 Å². The van der Waals surface area contributed by atoms with Crippen LogP contribution in [0.1, 0.15) is 49.3 Å². The van der Waals surface area contributed by atoms with Crippen LogP contribution in [0, 0.1) is 24.1 Å². The zero-order valence-electron chi connectivity index (χ0n) is 23.1. The first kappa shape index (κ1) is 30.3. The number of anilines is 2. The van der Waals surface area contributed by atoms with Gasteiger partial charge in [-0.2, -0.15) is 5.26 Å². The molecule has 0 aliphatic carbocycles. The van der Waals surface area contributed by atoms with Gasteiger partial charge in [0.25, 0.3) is 11.5 Å².